The lowest BCUT2D eigenvalue weighted by atomic mass is 9.98. The van der Waals surface area contributed by atoms with Gasteiger partial charge in [0.15, 0.2) is 0 Å². The summed E-state index contributed by atoms with van der Waals surface area (Å²) in [5, 5.41) is 12.5. The van der Waals surface area contributed by atoms with Gasteiger partial charge in [-0.15, -0.1) is 11.8 Å². The van der Waals surface area contributed by atoms with Gasteiger partial charge >= 0.3 is 5.97 Å². The fraction of sp³-hybridized carbons (Fsp3) is 0.515. The zero-order chi connectivity index (χ0) is 31.7. The normalized spacial score (nSPS) is 19.2. The number of sulfonamides is 1. The molecule has 1 amide bonds. The number of carboxylic acids is 1. The average molecular weight is 642 g/mol. The molecule has 0 aliphatic carbocycles. The molecule has 44 heavy (non-hydrogen) atoms. The number of aliphatic imine (C=N–C) groups is 1. The third-order valence-electron chi connectivity index (χ3n) is 8.22. The largest absolute Gasteiger partial charge is 0.480 e. The zero-order valence-electron chi connectivity index (χ0n) is 25.5. The predicted molar refractivity (Wildman–Crippen MR) is 173 cm³/mol. The molecule has 0 aromatic heterocycles. The molecule has 2 atom stereocenters. The van der Waals surface area contributed by atoms with Crippen LogP contribution in [-0.4, -0.2) is 70.5 Å². The Hall–Kier alpha value is -3.02. The molecule has 238 valence electrons. The summed E-state index contributed by atoms with van der Waals surface area (Å²) >= 11 is 1.33. The molecule has 0 bridgehead atoms. The third kappa shape index (κ3) is 9.01. The van der Waals surface area contributed by atoms with Gasteiger partial charge in [-0.2, -0.15) is 4.31 Å². The topological polar surface area (TPSA) is 133 Å². The van der Waals surface area contributed by atoms with Crippen molar-refractivity contribution in [2.45, 2.75) is 99.8 Å². The molecule has 2 aromatic rings. The highest BCUT2D eigenvalue weighted by atomic mass is 32.2. The van der Waals surface area contributed by atoms with Gasteiger partial charge in [-0.25, -0.2) is 13.2 Å². The summed E-state index contributed by atoms with van der Waals surface area (Å²) in [6.07, 6.45) is 8.41. The Bertz CT molecular complexity index is 1440. The Kier molecular flexibility index (Phi) is 11.8. The lowest BCUT2D eigenvalue weighted by Crippen LogP contribution is -2.56. The van der Waals surface area contributed by atoms with Crippen molar-refractivity contribution in [2.24, 2.45) is 4.99 Å². The first-order chi connectivity index (χ1) is 21.0. The van der Waals surface area contributed by atoms with Crippen LogP contribution in [-0.2, 0) is 37.2 Å². The van der Waals surface area contributed by atoms with E-state index in [0.717, 1.165) is 48.5 Å². The zero-order valence-corrected chi connectivity index (χ0v) is 27.2. The Morgan fingerprint density at radius 1 is 1.02 bits per heavy atom. The van der Waals surface area contributed by atoms with Gasteiger partial charge in [0.25, 0.3) is 0 Å². The highest BCUT2D eigenvalue weighted by Gasteiger charge is 2.51. The molecular weight excluding hydrogens is 599 g/mol. The molecule has 0 spiro atoms. The van der Waals surface area contributed by atoms with E-state index in [1.54, 1.807) is 44.2 Å². The Balaban J connectivity index is 1.30. The fourth-order valence-electron chi connectivity index (χ4n) is 5.70. The number of ketones is 1. The van der Waals surface area contributed by atoms with Crippen LogP contribution in [0.3, 0.4) is 0 Å². The van der Waals surface area contributed by atoms with Gasteiger partial charge in [0.1, 0.15) is 17.9 Å². The van der Waals surface area contributed by atoms with Gasteiger partial charge in [-0.05, 0) is 75.6 Å². The van der Waals surface area contributed by atoms with Gasteiger partial charge in [0, 0.05) is 36.3 Å². The Labute approximate surface area is 265 Å². The first kappa shape index (κ1) is 33.9. The minimum Gasteiger partial charge on any atom is -0.480 e. The minimum atomic E-state index is -3.98. The first-order valence-electron chi connectivity index (χ1n) is 15.3. The van der Waals surface area contributed by atoms with E-state index in [2.05, 4.69) is 10.3 Å². The van der Waals surface area contributed by atoms with Crippen LogP contribution in [0.1, 0.15) is 76.3 Å². The number of nitrogens with zero attached hydrogens (tertiary/aromatic N) is 2. The fourth-order valence-corrected chi connectivity index (χ4v) is 8.89. The lowest BCUT2D eigenvalue weighted by molar-refractivity contribution is -0.142. The third-order valence-corrected chi connectivity index (χ3v) is 11.6. The molecule has 2 aliphatic heterocycles. The smallest absolute Gasteiger partial charge is 0.326 e. The molecule has 0 unspecified atom stereocenters. The number of benzene rings is 2. The predicted octanol–water partition coefficient (Wildman–Crippen LogP) is 5.03. The number of thioether (sulfide) groups is 1. The number of unbranched alkanes of at least 4 members (excludes halogenated alkanes) is 2. The van der Waals surface area contributed by atoms with E-state index in [1.807, 2.05) is 12.1 Å². The van der Waals surface area contributed by atoms with Crippen molar-refractivity contribution in [3.8, 4) is 0 Å². The molecule has 4 rings (SSSR count). The van der Waals surface area contributed by atoms with E-state index in [9.17, 15) is 27.9 Å². The number of carbonyl (C=O) groups excluding carboxylic acids is 2. The van der Waals surface area contributed by atoms with Crippen LogP contribution in [0.4, 0.5) is 0 Å². The standard InChI is InChI=1S/C33H43N3O6S2/c1-33(2)30(36(23-43-33)44(41,42)28-14-7-4-8-15-28)31(38)35-29(32(39)40)22-25-18-16-24(17-19-25)21-27(37)13-6-3-5-11-26-12-9-10-20-34-26/h4,7-8,14-19,29-30H,3,5-6,9-13,20-23H2,1-2H3,(H,35,38)(H,39,40)/t29-,30+/m0/s1. The van der Waals surface area contributed by atoms with Crippen molar-refractivity contribution in [3.63, 3.8) is 0 Å². The Morgan fingerprint density at radius 3 is 2.39 bits per heavy atom. The summed E-state index contributed by atoms with van der Waals surface area (Å²) in [7, 11) is -3.98. The van der Waals surface area contributed by atoms with Gasteiger partial charge in [0.05, 0.1) is 10.8 Å². The van der Waals surface area contributed by atoms with E-state index in [4.69, 9.17) is 0 Å². The van der Waals surface area contributed by atoms with Crippen LogP contribution in [0.15, 0.2) is 64.5 Å². The summed E-state index contributed by atoms with van der Waals surface area (Å²) < 4.78 is 27.2. The number of Topliss-reactive ketones (excluding diaryl/α,β-unsaturated/α-hetero) is 1. The second-order valence-electron chi connectivity index (χ2n) is 12.1. The SMILES string of the molecule is CC1(C)SCN(S(=O)(=O)c2ccccc2)[C@@H]1C(=O)N[C@@H](Cc1ccc(CC(=O)CCCCCC2=NCCCC2)cc1)C(=O)O. The summed E-state index contributed by atoms with van der Waals surface area (Å²) in [5.74, 6) is -1.61. The van der Waals surface area contributed by atoms with Crippen molar-refractivity contribution in [1.29, 1.82) is 0 Å². The van der Waals surface area contributed by atoms with Crippen molar-refractivity contribution in [1.82, 2.24) is 9.62 Å². The molecular formula is C33H43N3O6S2. The molecule has 2 aliphatic rings. The summed E-state index contributed by atoms with van der Waals surface area (Å²) in [6.45, 7) is 4.52. The van der Waals surface area contributed by atoms with Crippen molar-refractivity contribution in [2.75, 3.05) is 12.4 Å². The van der Waals surface area contributed by atoms with Crippen LogP contribution in [0.25, 0.3) is 0 Å². The molecule has 2 N–H and O–H groups in total. The van der Waals surface area contributed by atoms with Crippen LogP contribution in [0, 0.1) is 0 Å². The van der Waals surface area contributed by atoms with E-state index in [1.165, 1.54) is 42.4 Å². The van der Waals surface area contributed by atoms with E-state index in [0.29, 0.717) is 18.4 Å². The van der Waals surface area contributed by atoms with E-state index in [-0.39, 0.29) is 23.0 Å². The molecule has 1 saturated heterocycles. The van der Waals surface area contributed by atoms with Crippen LogP contribution in [0.5, 0.6) is 0 Å². The maximum atomic E-state index is 13.5. The molecule has 0 radical (unpaired) electrons. The van der Waals surface area contributed by atoms with Gasteiger partial charge < -0.3 is 10.4 Å². The number of aliphatic carboxylic acids is 1. The number of hydrogen-bond acceptors (Lipinski definition) is 7. The van der Waals surface area contributed by atoms with E-state index < -0.39 is 38.7 Å². The number of carbonyl (C=O) groups is 3. The average Bonchev–Trinajstić information content (AvgIpc) is 3.34. The molecule has 2 aromatic carbocycles. The van der Waals surface area contributed by atoms with Gasteiger partial charge in [-0.1, -0.05) is 48.9 Å². The molecule has 11 heteroatoms. The maximum absolute atomic E-state index is 13.5. The Morgan fingerprint density at radius 2 is 1.73 bits per heavy atom. The van der Waals surface area contributed by atoms with Crippen molar-refractivity contribution >= 4 is 45.2 Å². The second kappa shape index (κ2) is 15.3. The van der Waals surface area contributed by atoms with Crippen molar-refractivity contribution < 1.29 is 27.9 Å². The number of carboxylic acid groups (broad SMARTS) is 1. The highest BCUT2D eigenvalue weighted by Crippen LogP contribution is 2.42. The monoisotopic (exact) mass is 641 g/mol. The molecule has 9 nitrogen and oxygen atoms in total. The number of rotatable bonds is 15. The second-order valence-corrected chi connectivity index (χ2v) is 15.6. The summed E-state index contributed by atoms with van der Waals surface area (Å²) in [5.41, 5.74) is 2.87. The van der Waals surface area contributed by atoms with Crippen LogP contribution >= 0.6 is 11.8 Å². The lowest BCUT2D eigenvalue weighted by Gasteiger charge is -2.31. The highest BCUT2D eigenvalue weighted by molar-refractivity contribution is 8.02. The number of hydrogen-bond donors (Lipinski definition) is 2. The van der Waals surface area contributed by atoms with Gasteiger partial charge in [-0.3, -0.25) is 14.6 Å². The van der Waals surface area contributed by atoms with Crippen LogP contribution in [0.2, 0.25) is 0 Å². The summed E-state index contributed by atoms with van der Waals surface area (Å²) in [6, 6.07) is 12.8. The first-order valence-corrected chi connectivity index (χ1v) is 17.8. The van der Waals surface area contributed by atoms with Crippen LogP contribution < -0.4 is 5.32 Å². The molecule has 2 heterocycles. The van der Waals surface area contributed by atoms with Gasteiger partial charge in [0.2, 0.25) is 15.9 Å². The molecule has 0 saturated carbocycles. The quantitative estimate of drug-likeness (QED) is 0.261. The number of nitrogens with one attached hydrogen (secondary N) is 1. The number of amides is 1. The van der Waals surface area contributed by atoms with E-state index >= 15 is 0 Å². The maximum Gasteiger partial charge on any atom is 0.326 e. The summed E-state index contributed by atoms with van der Waals surface area (Å²) in [4.78, 5) is 42.8. The minimum absolute atomic E-state index is 0.0202. The van der Waals surface area contributed by atoms with Crippen molar-refractivity contribution in [3.05, 3.63) is 65.7 Å². The molecule has 1 fully saturated rings.